The lowest BCUT2D eigenvalue weighted by molar-refractivity contribution is -0.137. The summed E-state index contributed by atoms with van der Waals surface area (Å²) >= 11 is 0. The summed E-state index contributed by atoms with van der Waals surface area (Å²) in [6.45, 7) is 4.62. The van der Waals surface area contributed by atoms with E-state index in [2.05, 4.69) is 12.1 Å². The number of morpholine rings is 1. The molecule has 4 rings (SSSR count). The fraction of sp³-hybridized carbons (Fsp3) is 0.600. The Morgan fingerprint density at radius 2 is 1.65 bits per heavy atom. The van der Waals surface area contributed by atoms with E-state index < -0.39 is 0 Å². The van der Waals surface area contributed by atoms with Gasteiger partial charge in [-0.05, 0) is 18.4 Å². The van der Waals surface area contributed by atoms with Gasteiger partial charge in [0.2, 0.25) is 5.91 Å². The van der Waals surface area contributed by atoms with Gasteiger partial charge in [-0.3, -0.25) is 4.79 Å². The van der Waals surface area contributed by atoms with Crippen LogP contribution in [-0.2, 0) is 9.53 Å². The van der Waals surface area contributed by atoms with Gasteiger partial charge in [-0.15, -0.1) is 0 Å². The molecule has 1 atom stereocenters. The van der Waals surface area contributed by atoms with Crippen LogP contribution in [0.25, 0.3) is 0 Å². The third-order valence-electron chi connectivity index (χ3n) is 6.31. The number of urea groups is 1. The average molecular weight is 357 g/mol. The molecule has 6 nitrogen and oxygen atoms in total. The first-order valence-corrected chi connectivity index (χ1v) is 9.54. The van der Waals surface area contributed by atoms with Gasteiger partial charge in [0, 0.05) is 45.7 Å². The highest BCUT2D eigenvalue weighted by molar-refractivity contribution is 5.87. The van der Waals surface area contributed by atoms with Gasteiger partial charge in [0.15, 0.2) is 0 Å². The Morgan fingerprint density at radius 3 is 2.31 bits per heavy atom. The maximum atomic E-state index is 13.0. The second-order valence-corrected chi connectivity index (χ2v) is 7.67. The van der Waals surface area contributed by atoms with Crippen molar-refractivity contribution in [3.63, 3.8) is 0 Å². The summed E-state index contributed by atoms with van der Waals surface area (Å²) in [4.78, 5) is 31.5. The molecule has 0 radical (unpaired) electrons. The number of hydrogen-bond acceptors (Lipinski definition) is 3. The first-order valence-electron chi connectivity index (χ1n) is 9.54. The average Bonchev–Trinajstić information content (AvgIpc) is 2.94. The molecule has 3 saturated heterocycles. The predicted molar refractivity (Wildman–Crippen MR) is 97.8 cm³/mol. The Bertz CT molecular complexity index is 664. The molecule has 0 N–H and O–H groups in total. The van der Waals surface area contributed by atoms with Crippen LogP contribution in [0.1, 0.15) is 24.3 Å². The molecule has 6 heteroatoms. The van der Waals surface area contributed by atoms with Crippen molar-refractivity contribution in [3.8, 4) is 0 Å². The molecule has 0 unspecified atom stereocenters. The zero-order valence-corrected chi connectivity index (χ0v) is 15.4. The third-order valence-corrected chi connectivity index (χ3v) is 6.31. The van der Waals surface area contributed by atoms with Gasteiger partial charge in [-0.2, -0.15) is 0 Å². The van der Waals surface area contributed by atoms with Gasteiger partial charge in [0.1, 0.15) is 0 Å². The normalized spacial score (nSPS) is 25.8. The van der Waals surface area contributed by atoms with Crippen LogP contribution < -0.4 is 0 Å². The van der Waals surface area contributed by atoms with E-state index in [0.717, 1.165) is 19.4 Å². The van der Waals surface area contributed by atoms with Gasteiger partial charge < -0.3 is 19.4 Å². The number of piperidine rings is 1. The van der Waals surface area contributed by atoms with E-state index in [0.29, 0.717) is 39.4 Å². The molecule has 1 aromatic carbocycles. The van der Waals surface area contributed by atoms with Crippen molar-refractivity contribution < 1.29 is 14.3 Å². The second-order valence-electron chi connectivity index (χ2n) is 7.67. The Labute approximate surface area is 154 Å². The quantitative estimate of drug-likeness (QED) is 0.770. The fourth-order valence-corrected chi connectivity index (χ4v) is 4.78. The summed E-state index contributed by atoms with van der Waals surface area (Å²) in [6, 6.07) is 10.5. The maximum absolute atomic E-state index is 13.0. The molecule has 3 fully saturated rings. The zero-order valence-electron chi connectivity index (χ0n) is 15.4. The minimum atomic E-state index is -0.363. The van der Waals surface area contributed by atoms with Gasteiger partial charge in [0.25, 0.3) is 0 Å². The predicted octanol–water partition coefficient (Wildman–Crippen LogP) is 1.78. The van der Waals surface area contributed by atoms with Gasteiger partial charge in [-0.1, -0.05) is 30.3 Å². The van der Waals surface area contributed by atoms with E-state index in [4.69, 9.17) is 4.74 Å². The first kappa shape index (κ1) is 17.3. The van der Waals surface area contributed by atoms with Crippen LogP contribution in [0.3, 0.4) is 0 Å². The van der Waals surface area contributed by atoms with Gasteiger partial charge in [-0.25, -0.2) is 4.79 Å². The van der Waals surface area contributed by atoms with E-state index in [-0.39, 0.29) is 23.3 Å². The second kappa shape index (κ2) is 6.91. The van der Waals surface area contributed by atoms with E-state index in [9.17, 15) is 9.59 Å². The van der Waals surface area contributed by atoms with Crippen LogP contribution in [0.4, 0.5) is 4.79 Å². The number of carbonyl (C=O) groups is 2. The largest absolute Gasteiger partial charge is 0.378 e. The number of benzene rings is 1. The monoisotopic (exact) mass is 357 g/mol. The highest BCUT2D eigenvalue weighted by atomic mass is 16.5. The molecule has 3 aliphatic rings. The molecular formula is C20H27N3O3. The Kier molecular flexibility index (Phi) is 4.61. The van der Waals surface area contributed by atoms with Crippen molar-refractivity contribution in [2.45, 2.75) is 18.8 Å². The smallest absolute Gasteiger partial charge is 0.320 e. The number of hydrogen-bond donors (Lipinski definition) is 0. The van der Waals surface area contributed by atoms with E-state index in [1.54, 1.807) is 0 Å². The van der Waals surface area contributed by atoms with Crippen molar-refractivity contribution in [1.29, 1.82) is 0 Å². The van der Waals surface area contributed by atoms with Crippen LogP contribution in [0.5, 0.6) is 0 Å². The molecule has 26 heavy (non-hydrogen) atoms. The number of rotatable bonds is 1. The molecule has 0 bridgehead atoms. The number of likely N-dealkylation sites (tertiary alicyclic amines) is 2. The Morgan fingerprint density at radius 1 is 1.04 bits per heavy atom. The molecule has 0 aromatic heterocycles. The summed E-state index contributed by atoms with van der Waals surface area (Å²) in [5.74, 6) is 0.451. The summed E-state index contributed by atoms with van der Waals surface area (Å²) in [7, 11) is 1.90. The molecule has 3 heterocycles. The molecule has 3 amide bonds. The lowest BCUT2D eigenvalue weighted by atomic mass is 9.68. The van der Waals surface area contributed by atoms with Crippen molar-refractivity contribution in [2.75, 3.05) is 53.0 Å². The maximum Gasteiger partial charge on any atom is 0.320 e. The lowest BCUT2D eigenvalue weighted by Gasteiger charge is -2.43. The molecule has 1 aromatic rings. The third kappa shape index (κ3) is 2.86. The minimum absolute atomic E-state index is 0.0956. The molecule has 1 spiro atoms. The van der Waals surface area contributed by atoms with Gasteiger partial charge >= 0.3 is 6.03 Å². The summed E-state index contributed by atoms with van der Waals surface area (Å²) < 4.78 is 5.34. The van der Waals surface area contributed by atoms with Crippen molar-refractivity contribution in [1.82, 2.24) is 14.7 Å². The Balaban J connectivity index is 1.50. The number of ether oxygens (including phenoxy) is 1. The highest BCUT2D eigenvalue weighted by Gasteiger charge is 2.54. The molecule has 0 saturated carbocycles. The van der Waals surface area contributed by atoms with Crippen LogP contribution in [0.15, 0.2) is 30.3 Å². The summed E-state index contributed by atoms with van der Waals surface area (Å²) in [5.41, 5.74) is 0.871. The van der Waals surface area contributed by atoms with Crippen molar-refractivity contribution >= 4 is 11.9 Å². The SMILES string of the molecule is CN1C[C@@H](c2ccccc2)C2(CCN(C(=O)N3CCOCC3)CC2)C1=O. The molecule has 140 valence electrons. The minimum Gasteiger partial charge on any atom is -0.378 e. The topological polar surface area (TPSA) is 53.1 Å². The molecule has 3 aliphatic heterocycles. The molecule has 0 aliphatic carbocycles. The fourth-order valence-electron chi connectivity index (χ4n) is 4.78. The highest BCUT2D eigenvalue weighted by Crippen LogP contribution is 2.50. The van der Waals surface area contributed by atoms with Crippen molar-refractivity contribution in [2.24, 2.45) is 5.41 Å². The van der Waals surface area contributed by atoms with Crippen molar-refractivity contribution in [3.05, 3.63) is 35.9 Å². The van der Waals surface area contributed by atoms with E-state index in [1.807, 2.05) is 39.9 Å². The number of likely N-dealkylation sites (N-methyl/N-ethyl adjacent to an activating group) is 1. The first-order chi connectivity index (χ1) is 12.6. The van der Waals surface area contributed by atoms with Gasteiger partial charge in [0.05, 0.1) is 18.6 Å². The number of nitrogens with zero attached hydrogens (tertiary/aromatic N) is 3. The Hall–Kier alpha value is -2.08. The summed E-state index contributed by atoms with van der Waals surface area (Å²) in [6.07, 6.45) is 1.48. The van der Waals surface area contributed by atoms with Crippen LogP contribution >= 0.6 is 0 Å². The summed E-state index contributed by atoms with van der Waals surface area (Å²) in [5, 5.41) is 0. The number of carbonyl (C=O) groups excluding carboxylic acids is 2. The lowest BCUT2D eigenvalue weighted by Crippen LogP contribution is -2.53. The van der Waals surface area contributed by atoms with Crippen LogP contribution in [-0.4, -0.2) is 79.6 Å². The standard InChI is InChI=1S/C20H27N3O3/c1-21-15-17(16-5-3-2-4-6-16)20(18(21)24)7-9-22(10-8-20)19(25)23-11-13-26-14-12-23/h2-6,17H,7-15H2,1H3/t17-/m0/s1. The molecular weight excluding hydrogens is 330 g/mol. The zero-order chi connectivity index (χ0) is 18.1. The van der Waals surface area contributed by atoms with Crippen LogP contribution in [0.2, 0.25) is 0 Å². The van der Waals surface area contributed by atoms with E-state index >= 15 is 0 Å². The van der Waals surface area contributed by atoms with Crippen LogP contribution in [0, 0.1) is 5.41 Å². The van der Waals surface area contributed by atoms with E-state index in [1.165, 1.54) is 5.56 Å². The number of amides is 3.